The van der Waals surface area contributed by atoms with Crippen LogP contribution in [0.3, 0.4) is 0 Å². The maximum Gasteiger partial charge on any atom is 0.403 e. The van der Waals surface area contributed by atoms with Crippen LogP contribution in [0, 0.1) is 11.3 Å². The molecule has 11 heteroatoms. The molecule has 0 bridgehead atoms. The first-order valence-corrected chi connectivity index (χ1v) is 13.4. The minimum atomic E-state index is -4.56. The molecule has 7 nitrogen and oxygen atoms in total. The van der Waals surface area contributed by atoms with Crippen molar-refractivity contribution in [3.8, 4) is 0 Å². The summed E-state index contributed by atoms with van der Waals surface area (Å²) >= 11 is 6.28. The average molecular weight is 564 g/mol. The van der Waals surface area contributed by atoms with Gasteiger partial charge in [-0.1, -0.05) is 43.5 Å². The van der Waals surface area contributed by atoms with Crippen LogP contribution >= 0.6 is 11.6 Å². The third-order valence-corrected chi connectivity index (χ3v) is 7.70. The number of carbonyl (C=O) groups is 2. The number of benzene rings is 2. The van der Waals surface area contributed by atoms with Gasteiger partial charge in [-0.3, -0.25) is 9.59 Å². The minimum absolute atomic E-state index is 0.0837. The zero-order valence-corrected chi connectivity index (χ0v) is 22.3. The van der Waals surface area contributed by atoms with E-state index < -0.39 is 17.5 Å². The van der Waals surface area contributed by atoms with Crippen molar-refractivity contribution in [1.82, 2.24) is 10.6 Å². The van der Waals surface area contributed by atoms with Crippen molar-refractivity contribution in [3.63, 3.8) is 0 Å². The number of alkyl halides is 3. The first kappa shape index (κ1) is 28.6. The fourth-order valence-corrected chi connectivity index (χ4v) is 4.96. The zero-order valence-electron chi connectivity index (χ0n) is 21.5. The van der Waals surface area contributed by atoms with E-state index in [2.05, 4.69) is 27.8 Å². The Balaban J connectivity index is 1.31. The number of hydrogen-bond donors (Lipinski definition) is 5. The zero-order chi connectivity index (χ0) is 28.2. The van der Waals surface area contributed by atoms with Gasteiger partial charge in [-0.05, 0) is 67.5 Å². The number of hydrogen-bond acceptors (Lipinski definition) is 5. The van der Waals surface area contributed by atoms with Gasteiger partial charge in [0, 0.05) is 18.7 Å². The van der Waals surface area contributed by atoms with Gasteiger partial charge in [0.2, 0.25) is 5.91 Å². The van der Waals surface area contributed by atoms with E-state index in [1.54, 1.807) is 36.4 Å². The van der Waals surface area contributed by atoms with E-state index >= 15 is 0 Å². The highest BCUT2D eigenvalue weighted by atomic mass is 35.5. The predicted octanol–water partition coefficient (Wildman–Crippen LogP) is 6.19. The third-order valence-electron chi connectivity index (χ3n) is 7.37. The molecule has 2 amide bonds. The Morgan fingerprint density at radius 3 is 2.33 bits per heavy atom. The highest BCUT2D eigenvalue weighted by Crippen LogP contribution is 2.57. The monoisotopic (exact) mass is 563 g/mol. The lowest BCUT2D eigenvalue weighted by atomic mass is 9.89. The van der Waals surface area contributed by atoms with Gasteiger partial charge in [0.05, 0.1) is 22.1 Å². The summed E-state index contributed by atoms with van der Waals surface area (Å²) < 4.78 is 39.5. The summed E-state index contributed by atoms with van der Waals surface area (Å²) in [5, 5.41) is 11.8. The van der Waals surface area contributed by atoms with E-state index in [4.69, 9.17) is 17.3 Å². The molecule has 2 saturated carbocycles. The lowest BCUT2D eigenvalue weighted by Gasteiger charge is -2.21. The van der Waals surface area contributed by atoms with E-state index in [-0.39, 0.29) is 25.3 Å². The number of halogens is 4. The van der Waals surface area contributed by atoms with Gasteiger partial charge in [0.25, 0.3) is 5.91 Å². The Morgan fingerprint density at radius 1 is 1.00 bits per heavy atom. The third kappa shape index (κ3) is 6.98. The van der Waals surface area contributed by atoms with Gasteiger partial charge >= 0.3 is 6.18 Å². The Kier molecular flexibility index (Phi) is 8.64. The van der Waals surface area contributed by atoms with Crippen molar-refractivity contribution in [2.24, 2.45) is 11.3 Å². The van der Waals surface area contributed by atoms with E-state index in [0.717, 1.165) is 12.8 Å². The van der Waals surface area contributed by atoms with Crippen molar-refractivity contribution in [2.75, 3.05) is 22.9 Å². The largest absolute Gasteiger partial charge is 0.403 e. The SMILES string of the molecule is C=C(Nc1ccc(C(=O)NCC2CCCCC2)cc1N)Nc1cc(CNC(=O)C2(C(F)(F)F)CC2)ccc1Cl. The first-order valence-electron chi connectivity index (χ1n) is 13.0. The van der Waals surface area contributed by atoms with Gasteiger partial charge in [0.15, 0.2) is 0 Å². The van der Waals surface area contributed by atoms with Crippen LogP contribution in [-0.2, 0) is 11.3 Å². The second kappa shape index (κ2) is 11.8. The molecule has 0 aliphatic heterocycles. The fourth-order valence-electron chi connectivity index (χ4n) is 4.80. The topological polar surface area (TPSA) is 108 Å². The van der Waals surface area contributed by atoms with Crippen LogP contribution in [-0.4, -0.2) is 24.5 Å². The van der Waals surface area contributed by atoms with Crippen LogP contribution < -0.4 is 27.0 Å². The molecule has 0 radical (unpaired) electrons. The number of amides is 2. The second-order valence-electron chi connectivity index (χ2n) is 10.3. The number of nitrogens with two attached hydrogens (primary N) is 1. The van der Waals surface area contributed by atoms with Gasteiger partial charge in [-0.2, -0.15) is 13.2 Å². The molecule has 0 saturated heterocycles. The summed E-state index contributed by atoms with van der Waals surface area (Å²) in [7, 11) is 0. The van der Waals surface area contributed by atoms with Crippen LogP contribution in [0.5, 0.6) is 0 Å². The van der Waals surface area contributed by atoms with Crippen LogP contribution in [0.2, 0.25) is 5.02 Å². The molecule has 2 aromatic carbocycles. The van der Waals surface area contributed by atoms with Gasteiger partial charge in [-0.25, -0.2) is 0 Å². The minimum Gasteiger partial charge on any atom is -0.397 e. The van der Waals surface area contributed by atoms with Crippen LogP contribution in [0.25, 0.3) is 0 Å². The number of nitrogens with one attached hydrogen (secondary N) is 4. The van der Waals surface area contributed by atoms with Crippen molar-refractivity contribution in [1.29, 1.82) is 0 Å². The summed E-state index contributed by atoms with van der Waals surface area (Å²) in [4.78, 5) is 24.7. The average Bonchev–Trinajstić information content (AvgIpc) is 3.72. The quantitative estimate of drug-likeness (QED) is 0.222. The van der Waals surface area contributed by atoms with E-state index in [9.17, 15) is 22.8 Å². The summed E-state index contributed by atoms with van der Waals surface area (Å²) in [6.07, 6.45) is 0.999. The fraction of sp³-hybridized carbons (Fsp3) is 0.429. The summed E-state index contributed by atoms with van der Waals surface area (Å²) in [6, 6.07) is 9.75. The van der Waals surface area contributed by atoms with E-state index in [0.29, 0.717) is 51.5 Å². The number of rotatable bonds is 10. The van der Waals surface area contributed by atoms with Gasteiger partial charge in [0.1, 0.15) is 11.2 Å². The summed E-state index contributed by atoms with van der Waals surface area (Å²) in [6.45, 7) is 4.50. The van der Waals surface area contributed by atoms with Crippen molar-refractivity contribution < 1.29 is 22.8 Å². The standard InChI is InChI=1S/C28H33ClF3N5O2/c1-17(36-23-10-8-20(14-22(23)33)25(38)34-15-18-5-3-2-4-6-18)37-24-13-19(7-9-21(24)29)16-35-26(39)27(11-12-27)28(30,31)32/h7-10,13-14,18,36-37H,1-6,11-12,15-16,33H2,(H,34,38)(H,35,39). The maximum atomic E-state index is 13.2. The molecule has 2 aromatic rings. The molecule has 2 aliphatic carbocycles. The van der Waals surface area contributed by atoms with E-state index in [1.165, 1.54) is 19.3 Å². The predicted molar refractivity (Wildman–Crippen MR) is 147 cm³/mol. The van der Waals surface area contributed by atoms with Gasteiger partial charge < -0.3 is 27.0 Å². The van der Waals surface area contributed by atoms with Crippen molar-refractivity contribution >= 4 is 40.5 Å². The van der Waals surface area contributed by atoms with Crippen molar-refractivity contribution in [3.05, 3.63) is 64.9 Å². The highest BCUT2D eigenvalue weighted by molar-refractivity contribution is 6.33. The normalized spacial score (nSPS) is 16.7. The first-order chi connectivity index (χ1) is 18.5. The van der Waals surface area contributed by atoms with Crippen LogP contribution in [0.1, 0.15) is 60.9 Å². The Morgan fingerprint density at radius 2 is 1.69 bits per heavy atom. The smallest absolute Gasteiger partial charge is 0.397 e. The second-order valence-corrected chi connectivity index (χ2v) is 10.7. The summed E-state index contributed by atoms with van der Waals surface area (Å²) in [5.74, 6) is -0.346. The molecule has 6 N–H and O–H groups in total. The molecule has 0 aromatic heterocycles. The Hall–Kier alpha value is -3.40. The molecule has 0 unspecified atom stereocenters. The van der Waals surface area contributed by atoms with Gasteiger partial charge in [-0.15, -0.1) is 0 Å². The van der Waals surface area contributed by atoms with E-state index in [1.807, 2.05) is 0 Å². The molecule has 0 atom stereocenters. The Bertz CT molecular complexity index is 1240. The lowest BCUT2D eigenvalue weighted by Crippen LogP contribution is -2.40. The van der Waals surface area contributed by atoms with Crippen LogP contribution in [0.15, 0.2) is 48.8 Å². The molecule has 4 rings (SSSR count). The molecule has 2 fully saturated rings. The molecule has 0 heterocycles. The number of nitrogen functional groups attached to an aromatic ring is 1. The highest BCUT2D eigenvalue weighted by Gasteiger charge is 2.68. The molecule has 39 heavy (non-hydrogen) atoms. The molecule has 0 spiro atoms. The molecule has 210 valence electrons. The maximum absolute atomic E-state index is 13.2. The van der Waals surface area contributed by atoms with Crippen molar-refractivity contribution in [2.45, 2.75) is 57.7 Å². The molecular formula is C28H33ClF3N5O2. The number of carbonyl (C=O) groups excluding carboxylic acids is 2. The van der Waals surface area contributed by atoms with Crippen LogP contribution in [0.4, 0.5) is 30.2 Å². The Labute approximate surface area is 230 Å². The number of anilines is 3. The molecule has 2 aliphatic rings. The molecular weight excluding hydrogens is 531 g/mol. The summed E-state index contributed by atoms with van der Waals surface area (Å²) in [5.41, 5.74) is 6.24. The lowest BCUT2D eigenvalue weighted by molar-refractivity contribution is -0.192.